The zero-order valence-corrected chi connectivity index (χ0v) is 12.9. The third-order valence-electron chi connectivity index (χ3n) is 3.18. The van der Waals surface area contributed by atoms with Gasteiger partial charge < -0.3 is 5.32 Å². The monoisotopic (exact) mass is 317 g/mol. The summed E-state index contributed by atoms with van der Waals surface area (Å²) in [4.78, 5) is 0. The average Bonchev–Trinajstić information content (AvgIpc) is 2.94. The molecule has 1 N–H and O–H groups in total. The van der Waals surface area contributed by atoms with Gasteiger partial charge in [0.1, 0.15) is 0 Å². The van der Waals surface area contributed by atoms with E-state index >= 15 is 0 Å². The summed E-state index contributed by atoms with van der Waals surface area (Å²) in [6.07, 6.45) is 2.28. The molecule has 96 valence electrons. The molecule has 3 nitrogen and oxygen atoms in total. The smallest absolute Gasteiger partial charge is 0.0767 e. The van der Waals surface area contributed by atoms with Crippen LogP contribution in [0.3, 0.4) is 0 Å². The fourth-order valence-electron chi connectivity index (χ4n) is 2.12. The highest BCUT2D eigenvalue weighted by atomic mass is 79.9. The minimum absolute atomic E-state index is 0.678. The molecular formula is C12H20BrN3S. The molecule has 5 heteroatoms. The molecule has 0 aromatic carbocycles. The number of nitrogens with one attached hydrogen (secondary N) is 1. The third-order valence-corrected chi connectivity index (χ3v) is 5.26. The first-order valence-electron chi connectivity index (χ1n) is 6.31. The summed E-state index contributed by atoms with van der Waals surface area (Å²) < 4.78 is 3.30. The second-order valence-electron chi connectivity index (χ2n) is 4.32. The zero-order chi connectivity index (χ0) is 12.3. The molecule has 0 radical (unpaired) electrons. The number of aryl methyl sites for hydroxylation is 2. The lowest BCUT2D eigenvalue weighted by Crippen LogP contribution is -2.29. The molecule has 17 heavy (non-hydrogen) atoms. The van der Waals surface area contributed by atoms with Crippen molar-refractivity contribution in [3.63, 3.8) is 0 Å². The second kappa shape index (κ2) is 6.25. The summed E-state index contributed by atoms with van der Waals surface area (Å²) in [7, 11) is 0. The van der Waals surface area contributed by atoms with Crippen molar-refractivity contribution in [3.05, 3.63) is 15.9 Å². The van der Waals surface area contributed by atoms with Gasteiger partial charge in [-0.3, -0.25) is 4.68 Å². The molecule has 0 aliphatic carbocycles. The van der Waals surface area contributed by atoms with Crippen molar-refractivity contribution in [2.45, 2.75) is 45.8 Å². The van der Waals surface area contributed by atoms with Gasteiger partial charge in [0.2, 0.25) is 0 Å². The number of thioether (sulfide) groups is 1. The highest BCUT2D eigenvalue weighted by molar-refractivity contribution is 9.10. The Morgan fingerprint density at radius 3 is 2.94 bits per heavy atom. The lowest BCUT2D eigenvalue weighted by Gasteiger charge is -2.12. The number of nitrogens with zero attached hydrogens (tertiary/aromatic N) is 2. The predicted molar refractivity (Wildman–Crippen MR) is 77.5 cm³/mol. The Labute approximate surface area is 116 Å². The topological polar surface area (TPSA) is 29.9 Å². The average molecular weight is 318 g/mol. The fraction of sp³-hybridized carbons (Fsp3) is 0.750. The summed E-state index contributed by atoms with van der Waals surface area (Å²) in [6, 6.07) is 0.678. The Hall–Kier alpha value is -0.000000000000000111. The Morgan fingerprint density at radius 1 is 1.53 bits per heavy atom. The maximum atomic E-state index is 4.62. The molecule has 1 unspecified atom stereocenters. The van der Waals surface area contributed by atoms with Crippen molar-refractivity contribution < 1.29 is 0 Å². The number of halogens is 1. The second-order valence-corrected chi connectivity index (χ2v) is 6.26. The molecule has 1 aliphatic rings. The van der Waals surface area contributed by atoms with Gasteiger partial charge in [0.15, 0.2) is 0 Å². The molecule has 0 bridgehead atoms. The van der Waals surface area contributed by atoms with E-state index in [0.717, 1.165) is 19.5 Å². The van der Waals surface area contributed by atoms with E-state index in [1.165, 1.54) is 33.8 Å². The van der Waals surface area contributed by atoms with Gasteiger partial charge in [-0.1, -0.05) is 6.92 Å². The molecular weight excluding hydrogens is 298 g/mol. The van der Waals surface area contributed by atoms with Crippen molar-refractivity contribution in [3.8, 4) is 0 Å². The third kappa shape index (κ3) is 3.06. The molecule has 1 saturated heterocycles. The molecule has 1 aromatic rings. The van der Waals surface area contributed by atoms with Crippen LogP contribution < -0.4 is 5.32 Å². The van der Waals surface area contributed by atoms with Crippen LogP contribution in [-0.4, -0.2) is 27.3 Å². The molecule has 1 atom stereocenters. The van der Waals surface area contributed by atoms with E-state index in [9.17, 15) is 0 Å². The predicted octanol–water partition coefficient (Wildman–Crippen LogP) is 2.82. The summed E-state index contributed by atoms with van der Waals surface area (Å²) in [5.41, 5.74) is 2.46. The normalized spacial score (nSPS) is 20.1. The first kappa shape index (κ1) is 13.4. The minimum atomic E-state index is 0.678. The van der Waals surface area contributed by atoms with Crippen LogP contribution in [0.2, 0.25) is 0 Å². The van der Waals surface area contributed by atoms with Gasteiger partial charge in [0.25, 0.3) is 0 Å². The number of hydrogen-bond donors (Lipinski definition) is 1. The van der Waals surface area contributed by atoms with Crippen LogP contribution in [-0.2, 0) is 19.5 Å². The maximum absolute atomic E-state index is 4.62. The van der Waals surface area contributed by atoms with Crippen molar-refractivity contribution in [1.82, 2.24) is 15.1 Å². The largest absolute Gasteiger partial charge is 0.307 e. The van der Waals surface area contributed by atoms with E-state index in [0.29, 0.717) is 6.04 Å². The van der Waals surface area contributed by atoms with E-state index in [2.05, 4.69) is 44.9 Å². The standard InChI is InChI=1S/C12H20BrN3S/c1-3-10-12(13)11(16(4-2)15-10)7-14-9-5-6-17-8-9/h9,14H,3-8H2,1-2H3. The molecule has 1 aromatic heterocycles. The van der Waals surface area contributed by atoms with E-state index in [-0.39, 0.29) is 0 Å². The van der Waals surface area contributed by atoms with Crippen LogP contribution in [0.15, 0.2) is 4.47 Å². The van der Waals surface area contributed by atoms with E-state index < -0.39 is 0 Å². The number of rotatable bonds is 5. The minimum Gasteiger partial charge on any atom is -0.307 e. The van der Waals surface area contributed by atoms with Gasteiger partial charge in [-0.25, -0.2) is 0 Å². The van der Waals surface area contributed by atoms with Crippen molar-refractivity contribution >= 4 is 27.7 Å². The molecule has 0 amide bonds. The fourth-order valence-corrected chi connectivity index (χ4v) is 4.01. The Balaban J connectivity index is 2.05. The highest BCUT2D eigenvalue weighted by Crippen LogP contribution is 2.23. The van der Waals surface area contributed by atoms with Gasteiger partial charge in [0, 0.05) is 24.9 Å². The molecule has 1 aliphatic heterocycles. The van der Waals surface area contributed by atoms with Crippen LogP contribution in [0.4, 0.5) is 0 Å². The van der Waals surface area contributed by atoms with Crippen LogP contribution >= 0.6 is 27.7 Å². The summed E-state index contributed by atoms with van der Waals surface area (Å²) in [5.74, 6) is 2.55. The first-order valence-corrected chi connectivity index (χ1v) is 8.26. The summed E-state index contributed by atoms with van der Waals surface area (Å²) in [5, 5.41) is 8.26. The van der Waals surface area contributed by atoms with Crippen LogP contribution in [0.1, 0.15) is 31.7 Å². The van der Waals surface area contributed by atoms with Gasteiger partial charge in [0.05, 0.1) is 15.9 Å². The van der Waals surface area contributed by atoms with Crippen LogP contribution in [0, 0.1) is 0 Å². The maximum Gasteiger partial charge on any atom is 0.0767 e. The van der Waals surface area contributed by atoms with Gasteiger partial charge in [-0.2, -0.15) is 16.9 Å². The summed E-state index contributed by atoms with van der Waals surface area (Å²) >= 11 is 5.73. The van der Waals surface area contributed by atoms with Gasteiger partial charge in [-0.15, -0.1) is 0 Å². The van der Waals surface area contributed by atoms with Gasteiger partial charge in [-0.05, 0) is 41.4 Å². The summed E-state index contributed by atoms with van der Waals surface area (Å²) in [6.45, 7) is 6.16. The molecule has 2 heterocycles. The van der Waals surface area contributed by atoms with Crippen molar-refractivity contribution in [2.24, 2.45) is 0 Å². The molecule has 0 saturated carbocycles. The lowest BCUT2D eigenvalue weighted by molar-refractivity contribution is 0.521. The van der Waals surface area contributed by atoms with Crippen molar-refractivity contribution in [2.75, 3.05) is 11.5 Å². The van der Waals surface area contributed by atoms with Crippen LogP contribution in [0.25, 0.3) is 0 Å². The zero-order valence-electron chi connectivity index (χ0n) is 10.5. The van der Waals surface area contributed by atoms with E-state index in [1.54, 1.807) is 0 Å². The molecule has 2 rings (SSSR count). The SMILES string of the molecule is CCc1nn(CC)c(CNC2CCSC2)c1Br. The lowest BCUT2D eigenvalue weighted by atomic mass is 10.2. The number of hydrogen-bond acceptors (Lipinski definition) is 3. The van der Waals surface area contributed by atoms with E-state index in [4.69, 9.17) is 0 Å². The Bertz CT molecular complexity index is 372. The highest BCUT2D eigenvalue weighted by Gasteiger charge is 2.18. The number of aromatic nitrogens is 2. The Morgan fingerprint density at radius 2 is 2.35 bits per heavy atom. The Kier molecular flexibility index (Phi) is 4.94. The molecule has 1 fully saturated rings. The van der Waals surface area contributed by atoms with Crippen LogP contribution in [0.5, 0.6) is 0 Å². The first-order chi connectivity index (χ1) is 8.26. The quantitative estimate of drug-likeness (QED) is 0.905. The molecule has 0 spiro atoms. The van der Waals surface area contributed by atoms with Gasteiger partial charge >= 0.3 is 0 Å². The van der Waals surface area contributed by atoms with Crippen molar-refractivity contribution in [1.29, 1.82) is 0 Å². The van der Waals surface area contributed by atoms with E-state index in [1.807, 2.05) is 11.8 Å².